The summed E-state index contributed by atoms with van der Waals surface area (Å²) in [4.78, 5) is 0. The molecule has 0 bridgehead atoms. The number of hydrogen-bond donors (Lipinski definition) is 2. The highest BCUT2D eigenvalue weighted by Crippen LogP contribution is 2.24. The monoisotopic (exact) mass is 208 g/mol. The van der Waals surface area contributed by atoms with Gasteiger partial charge in [-0.25, -0.2) is 0 Å². The number of nitrogens with two attached hydrogens (primary N) is 1. The van der Waals surface area contributed by atoms with Crippen molar-refractivity contribution in [1.82, 2.24) is 0 Å². The maximum absolute atomic E-state index is 5.84. The maximum atomic E-state index is 5.84. The van der Waals surface area contributed by atoms with Gasteiger partial charge in [0.2, 0.25) is 0 Å². The molecule has 0 radical (unpaired) electrons. The normalized spacial score (nSPS) is 10.4. The molecule has 0 aliphatic carbocycles. The van der Waals surface area contributed by atoms with Crippen LogP contribution in [0.2, 0.25) is 0 Å². The highest BCUT2D eigenvalue weighted by atomic mass is 16.5. The van der Waals surface area contributed by atoms with Crippen LogP contribution in [0.5, 0.6) is 5.75 Å². The van der Waals surface area contributed by atoms with Gasteiger partial charge in [0, 0.05) is 12.6 Å². The van der Waals surface area contributed by atoms with Crippen LogP contribution in [0.3, 0.4) is 0 Å². The van der Waals surface area contributed by atoms with Crippen molar-refractivity contribution in [1.29, 1.82) is 0 Å². The molecule has 3 heteroatoms. The average Bonchev–Trinajstić information content (AvgIpc) is 2.20. The smallest absolute Gasteiger partial charge is 0.121 e. The van der Waals surface area contributed by atoms with Crippen LogP contribution in [0.1, 0.15) is 20.3 Å². The van der Waals surface area contributed by atoms with Gasteiger partial charge in [-0.2, -0.15) is 0 Å². The highest BCUT2D eigenvalue weighted by molar-refractivity contribution is 5.68. The van der Waals surface area contributed by atoms with Gasteiger partial charge in [-0.05, 0) is 24.5 Å². The zero-order valence-corrected chi connectivity index (χ0v) is 9.71. The number of methoxy groups -OCH3 is 1. The molecule has 84 valence electrons. The topological polar surface area (TPSA) is 47.3 Å². The van der Waals surface area contributed by atoms with E-state index in [1.165, 1.54) is 0 Å². The van der Waals surface area contributed by atoms with Crippen molar-refractivity contribution in [2.24, 2.45) is 5.92 Å². The van der Waals surface area contributed by atoms with Gasteiger partial charge in [0.1, 0.15) is 5.75 Å². The third-order valence-electron chi connectivity index (χ3n) is 2.30. The fourth-order valence-corrected chi connectivity index (χ4v) is 1.31. The molecule has 1 aromatic rings. The molecule has 3 nitrogen and oxygen atoms in total. The van der Waals surface area contributed by atoms with Gasteiger partial charge >= 0.3 is 0 Å². The molecular weight excluding hydrogens is 188 g/mol. The Morgan fingerprint density at radius 3 is 2.73 bits per heavy atom. The predicted molar refractivity (Wildman–Crippen MR) is 65.4 cm³/mol. The van der Waals surface area contributed by atoms with E-state index in [9.17, 15) is 0 Å². The number of rotatable bonds is 5. The van der Waals surface area contributed by atoms with Crippen LogP contribution in [0, 0.1) is 5.92 Å². The Hall–Kier alpha value is -1.38. The summed E-state index contributed by atoms with van der Waals surface area (Å²) in [5.74, 6) is 1.53. The summed E-state index contributed by atoms with van der Waals surface area (Å²) >= 11 is 0. The Labute approximate surface area is 91.6 Å². The summed E-state index contributed by atoms with van der Waals surface area (Å²) in [5.41, 5.74) is 7.56. The van der Waals surface area contributed by atoms with Crippen molar-refractivity contribution in [2.75, 3.05) is 24.7 Å². The number of ether oxygens (including phenoxy) is 1. The molecule has 0 aliphatic rings. The van der Waals surface area contributed by atoms with E-state index < -0.39 is 0 Å². The summed E-state index contributed by atoms with van der Waals surface area (Å²) in [7, 11) is 1.66. The number of nitrogen functional groups attached to an aromatic ring is 1. The van der Waals surface area contributed by atoms with Crippen molar-refractivity contribution in [3.63, 3.8) is 0 Å². The van der Waals surface area contributed by atoms with Gasteiger partial charge in [-0.15, -0.1) is 0 Å². The van der Waals surface area contributed by atoms with E-state index in [0.29, 0.717) is 5.92 Å². The fraction of sp³-hybridized carbons (Fsp3) is 0.500. The molecule has 0 heterocycles. The molecule has 3 N–H and O–H groups in total. The van der Waals surface area contributed by atoms with Crippen LogP contribution in [0.15, 0.2) is 18.2 Å². The van der Waals surface area contributed by atoms with Crippen molar-refractivity contribution in [3.05, 3.63) is 18.2 Å². The lowest BCUT2D eigenvalue weighted by atomic mass is 10.1. The largest absolute Gasteiger partial charge is 0.497 e. The van der Waals surface area contributed by atoms with Crippen LogP contribution in [-0.2, 0) is 0 Å². The summed E-state index contributed by atoms with van der Waals surface area (Å²) in [6.07, 6.45) is 1.14. The van der Waals surface area contributed by atoms with Gasteiger partial charge < -0.3 is 15.8 Å². The lowest BCUT2D eigenvalue weighted by Crippen LogP contribution is -2.06. The Morgan fingerprint density at radius 2 is 2.13 bits per heavy atom. The predicted octanol–water partition coefficient (Wildman–Crippen LogP) is 2.74. The van der Waals surface area contributed by atoms with Crippen LogP contribution in [0.25, 0.3) is 0 Å². The first-order chi connectivity index (χ1) is 7.13. The Balaban J connectivity index is 2.59. The molecule has 0 saturated carbocycles. The molecule has 0 atom stereocenters. The fourth-order valence-electron chi connectivity index (χ4n) is 1.31. The average molecular weight is 208 g/mol. The van der Waals surface area contributed by atoms with Crippen LogP contribution in [0.4, 0.5) is 11.4 Å². The molecule has 0 unspecified atom stereocenters. The molecule has 15 heavy (non-hydrogen) atoms. The Kier molecular flexibility index (Phi) is 4.28. The van der Waals surface area contributed by atoms with Crippen LogP contribution < -0.4 is 15.8 Å². The second-order valence-electron chi connectivity index (χ2n) is 4.06. The zero-order valence-electron chi connectivity index (χ0n) is 9.71. The molecule has 0 amide bonds. The summed E-state index contributed by atoms with van der Waals surface area (Å²) in [5, 5.41) is 3.31. The van der Waals surface area contributed by atoms with E-state index >= 15 is 0 Å². The second kappa shape index (κ2) is 5.49. The summed E-state index contributed by atoms with van der Waals surface area (Å²) in [6.45, 7) is 5.35. The second-order valence-corrected chi connectivity index (χ2v) is 4.06. The SMILES string of the molecule is COc1ccc(N)c(NCCC(C)C)c1. The molecular formula is C12H20N2O. The quantitative estimate of drug-likeness (QED) is 0.731. The van der Waals surface area contributed by atoms with Crippen molar-refractivity contribution >= 4 is 11.4 Å². The van der Waals surface area contributed by atoms with Crippen LogP contribution >= 0.6 is 0 Å². The number of anilines is 2. The number of hydrogen-bond acceptors (Lipinski definition) is 3. The minimum absolute atomic E-state index is 0.698. The van der Waals surface area contributed by atoms with E-state index in [2.05, 4.69) is 19.2 Å². The molecule has 0 saturated heterocycles. The summed E-state index contributed by atoms with van der Waals surface area (Å²) < 4.78 is 5.14. The third-order valence-corrected chi connectivity index (χ3v) is 2.30. The Bertz CT molecular complexity index is 310. The lowest BCUT2D eigenvalue weighted by Gasteiger charge is -2.11. The van der Waals surface area contributed by atoms with E-state index in [1.807, 2.05) is 18.2 Å². The number of nitrogens with one attached hydrogen (secondary N) is 1. The highest BCUT2D eigenvalue weighted by Gasteiger charge is 2.01. The van der Waals surface area contributed by atoms with Gasteiger partial charge in [0.05, 0.1) is 18.5 Å². The van der Waals surface area contributed by atoms with Gasteiger partial charge in [-0.1, -0.05) is 13.8 Å². The number of benzene rings is 1. The standard InChI is InChI=1S/C12H20N2O/c1-9(2)6-7-14-12-8-10(15-3)4-5-11(12)13/h4-5,8-9,14H,6-7,13H2,1-3H3. The van der Waals surface area contributed by atoms with E-state index in [4.69, 9.17) is 10.5 Å². The molecule has 0 spiro atoms. The molecule has 0 aromatic heterocycles. The first-order valence-corrected chi connectivity index (χ1v) is 5.31. The minimum atomic E-state index is 0.698. The molecule has 0 aliphatic heterocycles. The van der Waals surface area contributed by atoms with Crippen molar-refractivity contribution < 1.29 is 4.74 Å². The maximum Gasteiger partial charge on any atom is 0.121 e. The minimum Gasteiger partial charge on any atom is -0.497 e. The molecule has 0 fully saturated rings. The molecule has 1 rings (SSSR count). The first-order valence-electron chi connectivity index (χ1n) is 5.31. The van der Waals surface area contributed by atoms with Crippen molar-refractivity contribution in [3.8, 4) is 5.75 Å². The van der Waals surface area contributed by atoms with E-state index in [-0.39, 0.29) is 0 Å². The van der Waals surface area contributed by atoms with E-state index in [0.717, 1.165) is 30.1 Å². The molecule has 1 aromatic carbocycles. The van der Waals surface area contributed by atoms with Gasteiger partial charge in [-0.3, -0.25) is 0 Å². The van der Waals surface area contributed by atoms with E-state index in [1.54, 1.807) is 7.11 Å². The zero-order chi connectivity index (χ0) is 11.3. The third kappa shape index (κ3) is 3.70. The Morgan fingerprint density at radius 1 is 1.40 bits per heavy atom. The first kappa shape index (κ1) is 11.7. The lowest BCUT2D eigenvalue weighted by molar-refractivity contribution is 0.415. The van der Waals surface area contributed by atoms with Crippen LogP contribution in [-0.4, -0.2) is 13.7 Å². The van der Waals surface area contributed by atoms with Gasteiger partial charge in [0.15, 0.2) is 0 Å². The summed E-state index contributed by atoms with van der Waals surface area (Å²) in [6, 6.07) is 5.65. The van der Waals surface area contributed by atoms with Gasteiger partial charge in [0.25, 0.3) is 0 Å². The van der Waals surface area contributed by atoms with Crippen molar-refractivity contribution in [2.45, 2.75) is 20.3 Å².